The first kappa shape index (κ1) is 16.0. The SMILES string of the molecule is c1ccc(Cn2ccnc2CN2CCNCC2c2ccncc2)cc1. The molecule has 3 aromatic rings. The lowest BCUT2D eigenvalue weighted by Gasteiger charge is -2.36. The predicted octanol–water partition coefficient (Wildman–Crippen LogP) is 2.47. The van der Waals surface area contributed by atoms with Gasteiger partial charge in [0.25, 0.3) is 0 Å². The molecule has 0 bridgehead atoms. The summed E-state index contributed by atoms with van der Waals surface area (Å²) in [4.78, 5) is 11.3. The number of aromatic nitrogens is 3. The number of hydrogen-bond acceptors (Lipinski definition) is 4. The molecule has 1 fully saturated rings. The maximum absolute atomic E-state index is 4.62. The van der Waals surface area contributed by atoms with Crippen LogP contribution in [-0.2, 0) is 13.1 Å². The highest BCUT2D eigenvalue weighted by atomic mass is 15.2. The fraction of sp³-hybridized carbons (Fsp3) is 0.300. The van der Waals surface area contributed by atoms with Crippen molar-refractivity contribution in [2.45, 2.75) is 19.1 Å². The molecule has 3 heterocycles. The zero-order valence-electron chi connectivity index (χ0n) is 14.3. The van der Waals surface area contributed by atoms with Crippen molar-refractivity contribution in [2.75, 3.05) is 19.6 Å². The standard InChI is InChI=1S/C20H23N5/c1-2-4-17(5-3-1)15-25-13-11-23-20(25)16-24-12-10-22-14-19(24)18-6-8-21-9-7-18/h1-9,11,13,19,22H,10,12,14-16H2. The molecular formula is C20H23N5. The number of pyridine rings is 1. The van der Waals surface area contributed by atoms with E-state index in [0.717, 1.165) is 38.5 Å². The van der Waals surface area contributed by atoms with Crippen molar-refractivity contribution in [2.24, 2.45) is 0 Å². The molecule has 0 aliphatic carbocycles. The zero-order chi connectivity index (χ0) is 16.9. The Labute approximate surface area is 148 Å². The number of nitrogens with zero attached hydrogens (tertiary/aromatic N) is 4. The van der Waals surface area contributed by atoms with Crippen LogP contribution < -0.4 is 5.32 Å². The van der Waals surface area contributed by atoms with E-state index in [0.29, 0.717) is 6.04 Å². The second kappa shape index (κ2) is 7.59. The number of benzene rings is 1. The van der Waals surface area contributed by atoms with Gasteiger partial charge in [-0.2, -0.15) is 0 Å². The minimum Gasteiger partial charge on any atom is -0.329 e. The molecule has 0 saturated carbocycles. The Morgan fingerprint density at radius 1 is 1.00 bits per heavy atom. The molecule has 0 spiro atoms. The molecule has 0 amide bonds. The number of nitrogens with one attached hydrogen (secondary N) is 1. The van der Waals surface area contributed by atoms with Crippen LogP contribution in [-0.4, -0.2) is 39.1 Å². The van der Waals surface area contributed by atoms with Crippen molar-refractivity contribution in [3.63, 3.8) is 0 Å². The summed E-state index contributed by atoms with van der Waals surface area (Å²) in [7, 11) is 0. The van der Waals surface area contributed by atoms with Gasteiger partial charge in [-0.1, -0.05) is 30.3 Å². The monoisotopic (exact) mass is 333 g/mol. The highest BCUT2D eigenvalue weighted by Crippen LogP contribution is 2.23. The molecule has 25 heavy (non-hydrogen) atoms. The lowest BCUT2D eigenvalue weighted by molar-refractivity contribution is 0.148. The summed E-state index contributed by atoms with van der Waals surface area (Å²) in [6.45, 7) is 4.71. The van der Waals surface area contributed by atoms with Gasteiger partial charge in [0.1, 0.15) is 5.82 Å². The first-order valence-electron chi connectivity index (χ1n) is 8.79. The van der Waals surface area contributed by atoms with Crippen molar-refractivity contribution in [3.8, 4) is 0 Å². The van der Waals surface area contributed by atoms with Crippen molar-refractivity contribution >= 4 is 0 Å². The average molecular weight is 333 g/mol. The molecule has 1 aromatic carbocycles. The third kappa shape index (κ3) is 3.78. The van der Waals surface area contributed by atoms with Crippen LogP contribution in [0.15, 0.2) is 67.3 Å². The van der Waals surface area contributed by atoms with E-state index in [2.05, 4.69) is 73.4 Å². The summed E-state index contributed by atoms with van der Waals surface area (Å²) in [6, 6.07) is 15.1. The van der Waals surface area contributed by atoms with Gasteiger partial charge in [0.05, 0.1) is 6.54 Å². The topological polar surface area (TPSA) is 46.0 Å². The van der Waals surface area contributed by atoms with E-state index in [4.69, 9.17) is 0 Å². The van der Waals surface area contributed by atoms with Gasteiger partial charge in [-0.05, 0) is 23.3 Å². The van der Waals surface area contributed by atoms with Crippen LogP contribution in [0.5, 0.6) is 0 Å². The van der Waals surface area contributed by atoms with Crippen molar-refractivity contribution in [3.05, 3.63) is 84.2 Å². The molecule has 5 heteroatoms. The molecule has 1 aliphatic rings. The second-order valence-corrected chi connectivity index (χ2v) is 6.43. The molecule has 1 N–H and O–H groups in total. The number of hydrogen-bond donors (Lipinski definition) is 1. The normalized spacial score (nSPS) is 18.3. The summed E-state index contributed by atoms with van der Waals surface area (Å²) < 4.78 is 2.25. The summed E-state index contributed by atoms with van der Waals surface area (Å²) in [6.07, 6.45) is 7.73. The lowest BCUT2D eigenvalue weighted by Crippen LogP contribution is -2.45. The molecule has 1 aliphatic heterocycles. The third-order valence-corrected chi connectivity index (χ3v) is 4.79. The maximum atomic E-state index is 4.62. The van der Waals surface area contributed by atoms with Gasteiger partial charge >= 0.3 is 0 Å². The highest BCUT2D eigenvalue weighted by molar-refractivity contribution is 5.18. The van der Waals surface area contributed by atoms with Gasteiger partial charge in [-0.3, -0.25) is 9.88 Å². The van der Waals surface area contributed by atoms with E-state index in [1.54, 1.807) is 0 Å². The Bertz CT molecular complexity index is 784. The van der Waals surface area contributed by atoms with Gasteiger partial charge in [-0.25, -0.2) is 4.98 Å². The molecule has 2 aromatic heterocycles. The zero-order valence-corrected chi connectivity index (χ0v) is 14.3. The van der Waals surface area contributed by atoms with Gasteiger partial charge in [0.2, 0.25) is 0 Å². The molecule has 1 unspecified atom stereocenters. The number of imidazole rings is 1. The quantitative estimate of drug-likeness (QED) is 0.779. The van der Waals surface area contributed by atoms with Crippen LogP contribution in [0.4, 0.5) is 0 Å². The van der Waals surface area contributed by atoms with Crippen LogP contribution in [0.3, 0.4) is 0 Å². The van der Waals surface area contributed by atoms with Gasteiger partial charge in [-0.15, -0.1) is 0 Å². The largest absolute Gasteiger partial charge is 0.329 e. The van der Waals surface area contributed by atoms with Gasteiger partial charge in [0.15, 0.2) is 0 Å². The van der Waals surface area contributed by atoms with E-state index in [1.165, 1.54) is 11.1 Å². The molecule has 1 saturated heterocycles. The minimum absolute atomic E-state index is 0.360. The number of rotatable bonds is 5. The van der Waals surface area contributed by atoms with Crippen LogP contribution in [0, 0.1) is 0 Å². The van der Waals surface area contributed by atoms with Crippen LogP contribution in [0.1, 0.15) is 23.0 Å². The fourth-order valence-electron chi connectivity index (χ4n) is 3.45. The molecule has 1 atom stereocenters. The predicted molar refractivity (Wildman–Crippen MR) is 98.0 cm³/mol. The Balaban J connectivity index is 1.52. The smallest absolute Gasteiger partial charge is 0.123 e. The Morgan fingerprint density at radius 3 is 2.68 bits per heavy atom. The summed E-state index contributed by atoms with van der Waals surface area (Å²) in [5.74, 6) is 1.12. The molecule has 128 valence electrons. The number of piperazine rings is 1. The van der Waals surface area contributed by atoms with Crippen LogP contribution in [0.25, 0.3) is 0 Å². The lowest BCUT2D eigenvalue weighted by atomic mass is 10.0. The van der Waals surface area contributed by atoms with Crippen molar-refractivity contribution in [1.29, 1.82) is 0 Å². The molecule has 5 nitrogen and oxygen atoms in total. The van der Waals surface area contributed by atoms with Gasteiger partial charge in [0, 0.05) is 57.0 Å². The fourth-order valence-corrected chi connectivity index (χ4v) is 3.45. The highest BCUT2D eigenvalue weighted by Gasteiger charge is 2.24. The van der Waals surface area contributed by atoms with Crippen LogP contribution in [0.2, 0.25) is 0 Å². The average Bonchev–Trinajstić information content (AvgIpc) is 3.10. The van der Waals surface area contributed by atoms with Crippen molar-refractivity contribution in [1.82, 2.24) is 24.8 Å². The van der Waals surface area contributed by atoms with E-state index >= 15 is 0 Å². The summed E-state index contributed by atoms with van der Waals surface area (Å²) in [5.41, 5.74) is 2.61. The minimum atomic E-state index is 0.360. The van der Waals surface area contributed by atoms with E-state index in [-0.39, 0.29) is 0 Å². The Kier molecular flexibility index (Phi) is 4.86. The Morgan fingerprint density at radius 2 is 1.84 bits per heavy atom. The summed E-state index contributed by atoms with van der Waals surface area (Å²) in [5, 5.41) is 3.51. The second-order valence-electron chi connectivity index (χ2n) is 6.43. The molecule has 4 rings (SSSR count). The third-order valence-electron chi connectivity index (χ3n) is 4.79. The van der Waals surface area contributed by atoms with Crippen LogP contribution >= 0.6 is 0 Å². The van der Waals surface area contributed by atoms with E-state index in [9.17, 15) is 0 Å². The van der Waals surface area contributed by atoms with Crippen molar-refractivity contribution < 1.29 is 0 Å². The molecule has 0 radical (unpaired) electrons. The van der Waals surface area contributed by atoms with Gasteiger partial charge < -0.3 is 9.88 Å². The Hall–Kier alpha value is -2.50. The molecular weight excluding hydrogens is 310 g/mol. The first-order valence-corrected chi connectivity index (χ1v) is 8.79. The van der Waals surface area contributed by atoms with E-state index < -0.39 is 0 Å². The van der Waals surface area contributed by atoms with E-state index in [1.807, 2.05) is 18.6 Å². The summed E-state index contributed by atoms with van der Waals surface area (Å²) >= 11 is 0. The first-order chi connectivity index (χ1) is 12.4. The maximum Gasteiger partial charge on any atom is 0.123 e.